The molecule has 0 bridgehead atoms. The Hall–Kier alpha value is -2.49. The summed E-state index contributed by atoms with van der Waals surface area (Å²) in [6.45, 7) is 5.28. The summed E-state index contributed by atoms with van der Waals surface area (Å²) in [7, 11) is 0. The second-order valence-electron chi connectivity index (χ2n) is 4.91. The molecule has 0 aromatic heterocycles. The maximum Gasteiger partial charge on any atom is 0.335 e. The highest BCUT2D eigenvalue weighted by molar-refractivity contribution is 5.87. The zero-order valence-electron chi connectivity index (χ0n) is 12.2. The number of carbonyl (C=O) groups is 1. The Morgan fingerprint density at radius 3 is 2.67 bits per heavy atom. The van der Waals surface area contributed by atoms with Gasteiger partial charge in [0, 0.05) is 12.2 Å². The lowest BCUT2D eigenvalue weighted by atomic mass is 10.1. The lowest BCUT2D eigenvalue weighted by molar-refractivity contribution is 0.0696. The maximum atomic E-state index is 10.9. The first-order chi connectivity index (χ1) is 10.1. The summed E-state index contributed by atoms with van der Waals surface area (Å²) in [6.07, 6.45) is 0. The molecule has 0 radical (unpaired) electrons. The van der Waals surface area contributed by atoms with E-state index in [4.69, 9.17) is 9.84 Å². The first kappa shape index (κ1) is 14.9. The largest absolute Gasteiger partial charge is 0.492 e. The Labute approximate surface area is 124 Å². The zero-order valence-corrected chi connectivity index (χ0v) is 12.2. The third kappa shape index (κ3) is 4.24. The van der Waals surface area contributed by atoms with Crippen LogP contribution in [-0.2, 0) is 0 Å². The lowest BCUT2D eigenvalue weighted by Crippen LogP contribution is -2.11. The fraction of sp³-hybridized carbons (Fsp3) is 0.235. The number of benzene rings is 2. The number of nitrogens with one attached hydrogen (secondary N) is 1. The number of hydrogen-bond donors (Lipinski definition) is 2. The average Bonchev–Trinajstić information content (AvgIpc) is 2.47. The summed E-state index contributed by atoms with van der Waals surface area (Å²) in [6, 6.07) is 12.7. The van der Waals surface area contributed by atoms with Crippen LogP contribution >= 0.6 is 0 Å². The van der Waals surface area contributed by atoms with E-state index in [1.807, 2.05) is 6.07 Å². The monoisotopic (exact) mass is 285 g/mol. The van der Waals surface area contributed by atoms with Crippen LogP contribution in [0, 0.1) is 13.8 Å². The minimum absolute atomic E-state index is 0.231. The first-order valence-corrected chi connectivity index (χ1v) is 6.83. The van der Waals surface area contributed by atoms with Gasteiger partial charge in [-0.05, 0) is 55.3 Å². The number of aryl methyl sites for hydroxylation is 2. The highest BCUT2D eigenvalue weighted by Gasteiger charge is 2.03. The van der Waals surface area contributed by atoms with E-state index in [9.17, 15) is 4.79 Å². The van der Waals surface area contributed by atoms with E-state index in [1.54, 1.807) is 18.2 Å². The van der Waals surface area contributed by atoms with Crippen LogP contribution in [0.1, 0.15) is 21.5 Å². The summed E-state index contributed by atoms with van der Waals surface area (Å²) in [4.78, 5) is 10.9. The third-order valence-electron chi connectivity index (χ3n) is 3.29. The molecule has 110 valence electrons. The fourth-order valence-electron chi connectivity index (χ4n) is 1.93. The molecule has 0 unspecified atom stereocenters. The molecule has 0 atom stereocenters. The molecule has 0 fully saturated rings. The minimum Gasteiger partial charge on any atom is -0.492 e. The van der Waals surface area contributed by atoms with E-state index < -0.39 is 5.97 Å². The van der Waals surface area contributed by atoms with Crippen molar-refractivity contribution in [2.45, 2.75) is 13.8 Å². The van der Waals surface area contributed by atoms with Gasteiger partial charge in [0.25, 0.3) is 0 Å². The number of ether oxygens (including phenoxy) is 1. The van der Waals surface area contributed by atoms with E-state index in [0.29, 0.717) is 18.9 Å². The molecular weight excluding hydrogens is 266 g/mol. The Morgan fingerprint density at radius 2 is 1.95 bits per heavy atom. The molecule has 21 heavy (non-hydrogen) atoms. The molecule has 2 aromatic carbocycles. The molecule has 0 spiro atoms. The van der Waals surface area contributed by atoms with Gasteiger partial charge in [-0.3, -0.25) is 0 Å². The van der Waals surface area contributed by atoms with Crippen LogP contribution in [0.3, 0.4) is 0 Å². The van der Waals surface area contributed by atoms with Crippen LogP contribution < -0.4 is 10.1 Å². The molecule has 0 aliphatic rings. The van der Waals surface area contributed by atoms with Crippen molar-refractivity contribution in [1.29, 1.82) is 0 Å². The van der Waals surface area contributed by atoms with Crippen LogP contribution in [-0.4, -0.2) is 24.2 Å². The molecule has 4 heteroatoms. The van der Waals surface area contributed by atoms with Crippen LogP contribution in [0.25, 0.3) is 0 Å². The number of anilines is 1. The standard InChI is InChI=1S/C17H19NO3/c1-12-6-7-15(10-13(12)2)18-8-9-21-16-5-3-4-14(11-16)17(19)20/h3-7,10-11,18H,8-9H2,1-2H3,(H,19,20). The smallest absolute Gasteiger partial charge is 0.335 e. The van der Waals surface area contributed by atoms with Crippen molar-refractivity contribution in [3.8, 4) is 5.75 Å². The number of hydrogen-bond acceptors (Lipinski definition) is 3. The van der Waals surface area contributed by atoms with Crippen LogP contribution in [0.2, 0.25) is 0 Å². The van der Waals surface area contributed by atoms with Crippen LogP contribution in [0.4, 0.5) is 5.69 Å². The summed E-state index contributed by atoms with van der Waals surface area (Å²) < 4.78 is 5.55. The van der Waals surface area contributed by atoms with Gasteiger partial charge in [-0.2, -0.15) is 0 Å². The van der Waals surface area contributed by atoms with Gasteiger partial charge in [0.15, 0.2) is 0 Å². The molecule has 0 aliphatic heterocycles. The zero-order chi connectivity index (χ0) is 15.2. The highest BCUT2D eigenvalue weighted by atomic mass is 16.5. The van der Waals surface area contributed by atoms with E-state index in [2.05, 4.69) is 31.3 Å². The minimum atomic E-state index is -0.950. The average molecular weight is 285 g/mol. The van der Waals surface area contributed by atoms with Crippen molar-refractivity contribution >= 4 is 11.7 Å². The van der Waals surface area contributed by atoms with Gasteiger partial charge < -0.3 is 15.2 Å². The Balaban J connectivity index is 1.83. The summed E-state index contributed by atoms with van der Waals surface area (Å²) in [5.74, 6) is -0.384. The lowest BCUT2D eigenvalue weighted by Gasteiger charge is -2.10. The normalized spacial score (nSPS) is 10.2. The van der Waals surface area contributed by atoms with Crippen molar-refractivity contribution in [2.24, 2.45) is 0 Å². The van der Waals surface area contributed by atoms with E-state index in [0.717, 1.165) is 5.69 Å². The summed E-state index contributed by atoms with van der Waals surface area (Å²) in [5.41, 5.74) is 3.80. The third-order valence-corrected chi connectivity index (χ3v) is 3.29. The molecule has 0 aliphatic carbocycles. The van der Waals surface area contributed by atoms with Crippen LogP contribution in [0.5, 0.6) is 5.75 Å². The van der Waals surface area contributed by atoms with Crippen molar-refractivity contribution in [3.05, 3.63) is 59.2 Å². The predicted octanol–water partition coefficient (Wildman–Crippen LogP) is 3.49. The molecule has 0 amide bonds. The summed E-state index contributed by atoms with van der Waals surface area (Å²) >= 11 is 0. The van der Waals surface area contributed by atoms with Crippen molar-refractivity contribution in [2.75, 3.05) is 18.5 Å². The number of aromatic carboxylic acids is 1. The van der Waals surface area contributed by atoms with Crippen molar-refractivity contribution in [1.82, 2.24) is 0 Å². The van der Waals surface area contributed by atoms with Gasteiger partial charge in [0.1, 0.15) is 12.4 Å². The second kappa shape index (κ2) is 6.79. The number of carboxylic acid groups (broad SMARTS) is 1. The topological polar surface area (TPSA) is 58.6 Å². The van der Waals surface area contributed by atoms with Crippen molar-refractivity contribution < 1.29 is 14.6 Å². The Bertz CT molecular complexity index is 638. The second-order valence-corrected chi connectivity index (χ2v) is 4.91. The molecule has 0 saturated heterocycles. The molecular formula is C17H19NO3. The van der Waals surface area contributed by atoms with E-state index in [-0.39, 0.29) is 5.56 Å². The Morgan fingerprint density at radius 1 is 1.14 bits per heavy atom. The molecule has 0 saturated carbocycles. The van der Waals surface area contributed by atoms with Gasteiger partial charge in [0.05, 0.1) is 5.56 Å². The van der Waals surface area contributed by atoms with Crippen LogP contribution in [0.15, 0.2) is 42.5 Å². The SMILES string of the molecule is Cc1ccc(NCCOc2cccc(C(=O)O)c2)cc1C. The van der Waals surface area contributed by atoms with Gasteiger partial charge in [0.2, 0.25) is 0 Å². The van der Waals surface area contributed by atoms with Gasteiger partial charge in [-0.15, -0.1) is 0 Å². The fourth-order valence-corrected chi connectivity index (χ4v) is 1.93. The maximum absolute atomic E-state index is 10.9. The summed E-state index contributed by atoms with van der Waals surface area (Å²) in [5, 5.41) is 12.2. The molecule has 2 rings (SSSR count). The number of carboxylic acids is 1. The molecule has 2 aromatic rings. The van der Waals surface area contributed by atoms with E-state index in [1.165, 1.54) is 17.2 Å². The van der Waals surface area contributed by atoms with Gasteiger partial charge in [-0.1, -0.05) is 12.1 Å². The molecule has 2 N–H and O–H groups in total. The molecule has 0 heterocycles. The highest BCUT2D eigenvalue weighted by Crippen LogP contribution is 2.15. The molecule has 4 nitrogen and oxygen atoms in total. The van der Waals surface area contributed by atoms with E-state index >= 15 is 0 Å². The number of rotatable bonds is 6. The predicted molar refractivity (Wildman–Crippen MR) is 83.3 cm³/mol. The quantitative estimate of drug-likeness (QED) is 0.798. The van der Waals surface area contributed by atoms with Gasteiger partial charge >= 0.3 is 5.97 Å². The first-order valence-electron chi connectivity index (χ1n) is 6.83. The van der Waals surface area contributed by atoms with Gasteiger partial charge in [-0.25, -0.2) is 4.79 Å². The van der Waals surface area contributed by atoms with Crippen molar-refractivity contribution in [3.63, 3.8) is 0 Å². The Kier molecular flexibility index (Phi) is 4.82.